The topological polar surface area (TPSA) is 55.1 Å². The Morgan fingerprint density at radius 1 is 0.875 bits per heavy atom. The van der Waals surface area contributed by atoms with Crippen LogP contribution in [0.15, 0.2) is 77.0 Å². The maximum absolute atomic E-state index is 6.35. The number of fused-ring (bicyclic) bond motifs is 1. The van der Waals surface area contributed by atoms with Crippen LogP contribution in [-0.2, 0) is 6.42 Å². The molecule has 1 N–H and O–H groups in total. The molecule has 0 saturated heterocycles. The predicted molar refractivity (Wildman–Crippen MR) is 133 cm³/mol. The van der Waals surface area contributed by atoms with Crippen LogP contribution in [0.4, 0.5) is 11.4 Å². The quantitative estimate of drug-likeness (QED) is 0.323. The van der Waals surface area contributed by atoms with Gasteiger partial charge >= 0.3 is 0 Å². The molecule has 4 aromatic rings. The first-order chi connectivity index (χ1) is 15.6. The zero-order valence-corrected chi connectivity index (χ0v) is 19.7. The van der Waals surface area contributed by atoms with Crippen molar-refractivity contribution in [3.05, 3.63) is 98.7 Å². The molecular formula is C23H16Cl3N5S. The summed E-state index contributed by atoms with van der Waals surface area (Å²) < 4.78 is 1.82. The zero-order valence-electron chi connectivity index (χ0n) is 16.6. The van der Waals surface area contributed by atoms with E-state index in [1.165, 1.54) is 0 Å². The third kappa shape index (κ3) is 4.36. The molecule has 3 aromatic carbocycles. The van der Waals surface area contributed by atoms with Gasteiger partial charge in [0.1, 0.15) is 0 Å². The fraction of sp³-hybridized carbons (Fsp3) is 0.0870. The summed E-state index contributed by atoms with van der Waals surface area (Å²) in [5, 5.41) is 19.5. The number of anilines is 2. The molecule has 1 aromatic heterocycles. The van der Waals surface area contributed by atoms with Crippen LogP contribution in [0.3, 0.4) is 0 Å². The van der Waals surface area contributed by atoms with E-state index in [2.05, 4.69) is 15.5 Å². The Labute approximate surface area is 204 Å². The number of thioether (sulfide) groups is 1. The van der Waals surface area contributed by atoms with Gasteiger partial charge in [-0.15, -0.1) is 10.2 Å². The summed E-state index contributed by atoms with van der Waals surface area (Å²) in [5.74, 6) is 1.47. The standard InChI is InChI=1S/C23H16Cl3N5S/c24-16-10-8-14(9-11-16)20-13-32-23-29-28-21(31(23)30-20)12-15-4-1-2-7-19(15)27-22-17(25)5-3-6-18(22)26/h1-11,27H,12-13H2. The van der Waals surface area contributed by atoms with E-state index < -0.39 is 0 Å². The first-order valence-corrected chi connectivity index (χ1v) is 11.9. The molecule has 0 atom stereocenters. The van der Waals surface area contributed by atoms with Gasteiger partial charge in [0, 0.05) is 22.9 Å². The van der Waals surface area contributed by atoms with Gasteiger partial charge in [-0.05, 0) is 41.5 Å². The maximum Gasteiger partial charge on any atom is 0.212 e. The molecule has 32 heavy (non-hydrogen) atoms. The van der Waals surface area contributed by atoms with E-state index in [-0.39, 0.29) is 0 Å². The second-order valence-electron chi connectivity index (χ2n) is 7.11. The Kier molecular flexibility index (Phi) is 6.11. The molecule has 0 spiro atoms. The molecule has 0 saturated carbocycles. The van der Waals surface area contributed by atoms with E-state index in [4.69, 9.17) is 39.9 Å². The highest BCUT2D eigenvalue weighted by atomic mass is 35.5. The number of nitrogens with zero attached hydrogens (tertiary/aromatic N) is 4. The number of aromatic nitrogens is 3. The van der Waals surface area contributed by atoms with Gasteiger partial charge in [0.05, 0.1) is 21.4 Å². The van der Waals surface area contributed by atoms with E-state index in [1.807, 2.05) is 59.3 Å². The maximum atomic E-state index is 6.35. The molecule has 160 valence electrons. The highest BCUT2D eigenvalue weighted by Gasteiger charge is 2.21. The van der Waals surface area contributed by atoms with Crippen molar-refractivity contribution in [2.75, 3.05) is 11.1 Å². The summed E-state index contributed by atoms with van der Waals surface area (Å²) in [6.45, 7) is 0. The largest absolute Gasteiger partial charge is 0.353 e. The number of nitrogens with one attached hydrogen (secondary N) is 1. The Morgan fingerprint density at radius 2 is 1.62 bits per heavy atom. The molecular weight excluding hydrogens is 485 g/mol. The van der Waals surface area contributed by atoms with E-state index in [9.17, 15) is 0 Å². The molecule has 2 heterocycles. The number of hydrogen-bond donors (Lipinski definition) is 1. The number of para-hydroxylation sites is 2. The summed E-state index contributed by atoms with van der Waals surface area (Å²) >= 11 is 20.3. The van der Waals surface area contributed by atoms with Crippen molar-refractivity contribution in [1.82, 2.24) is 14.9 Å². The van der Waals surface area contributed by atoms with Crippen LogP contribution in [0.5, 0.6) is 0 Å². The van der Waals surface area contributed by atoms with Crippen LogP contribution >= 0.6 is 46.6 Å². The van der Waals surface area contributed by atoms with Crippen molar-refractivity contribution >= 4 is 63.7 Å². The predicted octanol–water partition coefficient (Wildman–Crippen LogP) is 6.93. The second-order valence-corrected chi connectivity index (χ2v) is 9.30. The summed E-state index contributed by atoms with van der Waals surface area (Å²) in [6, 6.07) is 21.1. The average molecular weight is 501 g/mol. The van der Waals surface area contributed by atoms with Gasteiger partial charge in [-0.3, -0.25) is 0 Å². The van der Waals surface area contributed by atoms with Crippen LogP contribution in [0.1, 0.15) is 17.0 Å². The highest BCUT2D eigenvalue weighted by Crippen LogP contribution is 2.34. The van der Waals surface area contributed by atoms with Gasteiger partial charge in [0.2, 0.25) is 5.16 Å². The summed E-state index contributed by atoms with van der Waals surface area (Å²) in [5.41, 5.74) is 4.57. The molecule has 0 fully saturated rings. The Balaban J connectivity index is 1.46. The molecule has 1 aliphatic rings. The SMILES string of the molecule is Clc1ccc(C2=Nn3c(Cc4ccccc4Nc4c(Cl)cccc4Cl)nnc3SC2)cc1. The lowest BCUT2D eigenvalue weighted by atomic mass is 10.1. The summed E-state index contributed by atoms with van der Waals surface area (Å²) in [6.07, 6.45) is 0.538. The third-order valence-electron chi connectivity index (χ3n) is 5.00. The highest BCUT2D eigenvalue weighted by molar-refractivity contribution is 7.99. The molecule has 0 radical (unpaired) electrons. The number of halogens is 3. The van der Waals surface area contributed by atoms with Crippen molar-refractivity contribution in [2.24, 2.45) is 5.10 Å². The van der Waals surface area contributed by atoms with Crippen molar-refractivity contribution < 1.29 is 0 Å². The van der Waals surface area contributed by atoms with Crippen LogP contribution in [0, 0.1) is 0 Å². The van der Waals surface area contributed by atoms with Gasteiger partial charge in [-0.25, -0.2) is 0 Å². The first-order valence-electron chi connectivity index (χ1n) is 9.78. The van der Waals surface area contributed by atoms with E-state index in [0.717, 1.165) is 39.3 Å². The van der Waals surface area contributed by atoms with Gasteiger partial charge in [-0.2, -0.15) is 9.78 Å². The smallest absolute Gasteiger partial charge is 0.212 e. The Morgan fingerprint density at radius 3 is 2.41 bits per heavy atom. The monoisotopic (exact) mass is 499 g/mol. The summed E-state index contributed by atoms with van der Waals surface area (Å²) in [4.78, 5) is 0. The lowest BCUT2D eigenvalue weighted by Crippen LogP contribution is -2.15. The molecule has 0 aliphatic carbocycles. The van der Waals surface area contributed by atoms with E-state index in [1.54, 1.807) is 23.9 Å². The minimum Gasteiger partial charge on any atom is -0.353 e. The summed E-state index contributed by atoms with van der Waals surface area (Å²) in [7, 11) is 0. The Bertz CT molecular complexity index is 1300. The van der Waals surface area contributed by atoms with Gasteiger partial charge in [-0.1, -0.05) is 83.0 Å². The number of hydrogen-bond acceptors (Lipinski definition) is 5. The molecule has 9 heteroatoms. The lowest BCUT2D eigenvalue weighted by molar-refractivity contribution is 0.720. The molecule has 0 bridgehead atoms. The second kappa shape index (κ2) is 9.16. The molecule has 5 nitrogen and oxygen atoms in total. The minimum absolute atomic E-state index is 0.538. The fourth-order valence-corrected chi connectivity index (χ4v) is 4.86. The van der Waals surface area contributed by atoms with E-state index >= 15 is 0 Å². The Hall–Kier alpha value is -2.51. The van der Waals surface area contributed by atoms with Crippen LogP contribution in [0.2, 0.25) is 15.1 Å². The molecule has 1 aliphatic heterocycles. The van der Waals surface area contributed by atoms with Crippen molar-refractivity contribution in [1.29, 1.82) is 0 Å². The average Bonchev–Trinajstić information content (AvgIpc) is 3.20. The van der Waals surface area contributed by atoms with Crippen molar-refractivity contribution in [2.45, 2.75) is 11.6 Å². The molecule has 0 amide bonds. The number of rotatable bonds is 5. The van der Waals surface area contributed by atoms with Crippen molar-refractivity contribution in [3.63, 3.8) is 0 Å². The van der Waals surface area contributed by atoms with E-state index in [0.29, 0.717) is 27.2 Å². The van der Waals surface area contributed by atoms with Gasteiger partial charge in [0.25, 0.3) is 0 Å². The zero-order chi connectivity index (χ0) is 22.1. The van der Waals surface area contributed by atoms with Crippen LogP contribution in [0.25, 0.3) is 0 Å². The normalized spacial score (nSPS) is 12.9. The van der Waals surface area contributed by atoms with Gasteiger partial charge < -0.3 is 5.32 Å². The lowest BCUT2D eigenvalue weighted by Gasteiger charge is -2.16. The van der Waals surface area contributed by atoms with Crippen LogP contribution in [-0.4, -0.2) is 26.3 Å². The fourth-order valence-electron chi connectivity index (χ4n) is 3.38. The van der Waals surface area contributed by atoms with Crippen molar-refractivity contribution in [3.8, 4) is 0 Å². The number of benzene rings is 3. The third-order valence-corrected chi connectivity index (χ3v) is 6.81. The first kappa shape index (κ1) is 21.3. The molecule has 5 rings (SSSR count). The minimum atomic E-state index is 0.538. The van der Waals surface area contributed by atoms with Crippen LogP contribution < -0.4 is 5.32 Å². The van der Waals surface area contributed by atoms with Gasteiger partial charge in [0.15, 0.2) is 5.82 Å². The molecule has 0 unspecified atom stereocenters.